The van der Waals surface area contributed by atoms with Gasteiger partial charge in [0, 0.05) is 6.42 Å². The fourth-order valence-electron chi connectivity index (χ4n) is 2.53. The highest BCUT2D eigenvalue weighted by atomic mass is 19.1. The number of hydrogen-bond donors (Lipinski definition) is 0. The van der Waals surface area contributed by atoms with E-state index >= 15 is 0 Å². The van der Waals surface area contributed by atoms with Crippen molar-refractivity contribution in [1.82, 2.24) is 0 Å². The third-order valence-corrected chi connectivity index (χ3v) is 3.74. The molecule has 1 aliphatic heterocycles. The minimum atomic E-state index is -0.250. The summed E-state index contributed by atoms with van der Waals surface area (Å²) in [7, 11) is 1.61. The molecule has 0 radical (unpaired) electrons. The Morgan fingerprint density at radius 3 is 2.50 bits per heavy atom. The highest BCUT2D eigenvalue weighted by Crippen LogP contribution is 2.30. The largest absolute Gasteiger partial charge is 0.499 e. The zero-order chi connectivity index (χ0) is 15.5. The average molecular weight is 296 g/mol. The molecule has 2 aromatic rings. The van der Waals surface area contributed by atoms with Gasteiger partial charge in [-0.25, -0.2) is 4.39 Å². The first-order valence-electron chi connectivity index (χ1n) is 7.09. The number of rotatable bonds is 4. The minimum Gasteiger partial charge on any atom is -0.499 e. The van der Waals surface area contributed by atoms with Gasteiger partial charge in [0.1, 0.15) is 17.6 Å². The quantitative estimate of drug-likeness (QED) is 0.798. The van der Waals surface area contributed by atoms with Crippen LogP contribution in [0.25, 0.3) is 0 Å². The molecule has 22 heavy (non-hydrogen) atoms. The molecule has 3 nitrogen and oxygen atoms in total. The van der Waals surface area contributed by atoms with Gasteiger partial charge < -0.3 is 4.74 Å². The summed E-state index contributed by atoms with van der Waals surface area (Å²) in [6.07, 6.45) is 0.674. The lowest BCUT2D eigenvalue weighted by Crippen LogP contribution is -2.28. The molecule has 112 valence electrons. The number of hydrazone groups is 1. The summed E-state index contributed by atoms with van der Waals surface area (Å²) in [4.78, 5) is 0. The van der Waals surface area contributed by atoms with E-state index in [1.165, 1.54) is 12.1 Å². The SMILES string of the molecule is C=C(OC)C1CC(c2ccc(F)cc2)=NN1c1ccccc1. The number of para-hydroxylation sites is 1. The van der Waals surface area contributed by atoms with Crippen molar-refractivity contribution in [3.63, 3.8) is 0 Å². The summed E-state index contributed by atoms with van der Waals surface area (Å²) in [5, 5.41) is 6.60. The maximum absolute atomic E-state index is 13.1. The summed E-state index contributed by atoms with van der Waals surface area (Å²) in [6, 6.07) is 16.2. The van der Waals surface area contributed by atoms with Gasteiger partial charge in [-0.15, -0.1) is 0 Å². The Morgan fingerprint density at radius 2 is 1.86 bits per heavy atom. The van der Waals surface area contributed by atoms with Crippen molar-refractivity contribution in [1.29, 1.82) is 0 Å². The van der Waals surface area contributed by atoms with Crippen LogP contribution >= 0.6 is 0 Å². The first-order valence-corrected chi connectivity index (χ1v) is 7.09. The minimum absolute atomic E-state index is 0.0625. The maximum atomic E-state index is 13.1. The van der Waals surface area contributed by atoms with Crippen LogP contribution in [0.5, 0.6) is 0 Å². The monoisotopic (exact) mass is 296 g/mol. The predicted octanol–water partition coefficient (Wildman–Crippen LogP) is 3.97. The first kappa shape index (κ1) is 14.3. The van der Waals surface area contributed by atoms with Gasteiger partial charge in [0.25, 0.3) is 0 Å². The molecule has 0 spiro atoms. The third kappa shape index (κ3) is 2.72. The lowest BCUT2D eigenvalue weighted by Gasteiger charge is -2.24. The predicted molar refractivity (Wildman–Crippen MR) is 86.4 cm³/mol. The lowest BCUT2D eigenvalue weighted by atomic mass is 10.0. The van der Waals surface area contributed by atoms with E-state index < -0.39 is 0 Å². The summed E-state index contributed by atoms with van der Waals surface area (Å²) in [6.45, 7) is 3.98. The second-order valence-electron chi connectivity index (χ2n) is 5.12. The molecule has 4 heteroatoms. The van der Waals surface area contributed by atoms with Crippen molar-refractivity contribution in [3.05, 3.63) is 78.3 Å². The van der Waals surface area contributed by atoms with Crippen molar-refractivity contribution in [2.75, 3.05) is 12.1 Å². The third-order valence-electron chi connectivity index (χ3n) is 3.74. The van der Waals surface area contributed by atoms with E-state index in [0.717, 1.165) is 17.0 Å². The molecule has 0 N–H and O–H groups in total. The van der Waals surface area contributed by atoms with Crippen LogP contribution in [0.3, 0.4) is 0 Å². The fourth-order valence-corrected chi connectivity index (χ4v) is 2.53. The zero-order valence-electron chi connectivity index (χ0n) is 12.4. The highest BCUT2D eigenvalue weighted by molar-refractivity contribution is 6.03. The standard InChI is InChI=1S/C18H17FN2O/c1-13(22-2)18-12-17(14-8-10-15(19)11-9-14)20-21(18)16-6-4-3-5-7-16/h3-11,18H,1,12H2,2H3. The Labute approximate surface area is 129 Å². The number of anilines is 1. The summed E-state index contributed by atoms with van der Waals surface area (Å²) >= 11 is 0. The first-order chi connectivity index (χ1) is 10.7. The van der Waals surface area contributed by atoms with Crippen LogP contribution in [-0.2, 0) is 4.74 Å². The van der Waals surface area contributed by atoms with Crippen LogP contribution in [0.1, 0.15) is 12.0 Å². The summed E-state index contributed by atoms with van der Waals surface area (Å²) in [5.74, 6) is 0.407. The Kier molecular flexibility index (Phi) is 3.92. The van der Waals surface area contributed by atoms with Gasteiger partial charge in [0.2, 0.25) is 0 Å². The van der Waals surface area contributed by atoms with Gasteiger partial charge in [-0.1, -0.05) is 36.9 Å². The number of nitrogens with zero attached hydrogens (tertiary/aromatic N) is 2. The molecule has 0 fully saturated rings. The average Bonchev–Trinajstić information content (AvgIpc) is 3.01. The van der Waals surface area contributed by atoms with Crippen molar-refractivity contribution in [2.45, 2.75) is 12.5 Å². The second kappa shape index (κ2) is 6.02. The molecule has 1 unspecified atom stereocenters. The molecule has 1 heterocycles. The van der Waals surface area contributed by atoms with E-state index in [0.29, 0.717) is 12.2 Å². The normalized spacial score (nSPS) is 17.3. The van der Waals surface area contributed by atoms with E-state index in [1.807, 2.05) is 35.3 Å². The highest BCUT2D eigenvalue weighted by Gasteiger charge is 2.31. The van der Waals surface area contributed by atoms with Crippen molar-refractivity contribution < 1.29 is 9.13 Å². The number of hydrogen-bond acceptors (Lipinski definition) is 3. The molecule has 2 aromatic carbocycles. The second-order valence-corrected chi connectivity index (χ2v) is 5.12. The van der Waals surface area contributed by atoms with Gasteiger partial charge in [0.15, 0.2) is 0 Å². The summed E-state index contributed by atoms with van der Waals surface area (Å²) < 4.78 is 18.4. The lowest BCUT2D eigenvalue weighted by molar-refractivity contribution is 0.267. The molecule has 1 aliphatic rings. The van der Waals surface area contributed by atoms with Crippen LogP contribution in [-0.4, -0.2) is 18.9 Å². The molecular formula is C18H17FN2O. The van der Waals surface area contributed by atoms with Crippen LogP contribution < -0.4 is 5.01 Å². The molecule has 0 amide bonds. The summed E-state index contributed by atoms with van der Waals surface area (Å²) in [5.41, 5.74) is 2.78. The van der Waals surface area contributed by atoms with Gasteiger partial charge in [-0.05, 0) is 29.8 Å². The van der Waals surface area contributed by atoms with Crippen LogP contribution in [0, 0.1) is 5.82 Å². The number of halogens is 1. The van der Waals surface area contributed by atoms with Crippen LogP contribution in [0.15, 0.2) is 72.0 Å². The molecule has 3 rings (SSSR count). The van der Waals surface area contributed by atoms with E-state index in [9.17, 15) is 4.39 Å². The van der Waals surface area contributed by atoms with E-state index in [1.54, 1.807) is 19.2 Å². The number of methoxy groups -OCH3 is 1. The molecule has 0 bridgehead atoms. The van der Waals surface area contributed by atoms with Gasteiger partial charge >= 0.3 is 0 Å². The van der Waals surface area contributed by atoms with Crippen LogP contribution in [0.4, 0.5) is 10.1 Å². The van der Waals surface area contributed by atoms with E-state index in [4.69, 9.17) is 9.84 Å². The Hall–Kier alpha value is -2.62. The molecular weight excluding hydrogens is 279 g/mol. The van der Waals surface area contributed by atoms with Gasteiger partial charge in [-0.2, -0.15) is 5.10 Å². The number of benzene rings is 2. The Bertz CT molecular complexity index is 695. The molecule has 0 aromatic heterocycles. The maximum Gasteiger partial charge on any atom is 0.123 e. The number of ether oxygens (including phenoxy) is 1. The Morgan fingerprint density at radius 1 is 1.18 bits per heavy atom. The van der Waals surface area contributed by atoms with E-state index in [-0.39, 0.29) is 11.9 Å². The molecule has 0 saturated carbocycles. The smallest absolute Gasteiger partial charge is 0.123 e. The Balaban J connectivity index is 1.96. The van der Waals surface area contributed by atoms with Crippen molar-refractivity contribution in [2.24, 2.45) is 5.10 Å². The molecule has 0 aliphatic carbocycles. The zero-order valence-corrected chi connectivity index (χ0v) is 12.4. The van der Waals surface area contributed by atoms with E-state index in [2.05, 4.69) is 6.58 Å². The van der Waals surface area contributed by atoms with Gasteiger partial charge in [0.05, 0.1) is 18.5 Å². The van der Waals surface area contributed by atoms with Gasteiger partial charge in [-0.3, -0.25) is 5.01 Å². The van der Waals surface area contributed by atoms with Crippen molar-refractivity contribution >= 4 is 11.4 Å². The molecule has 1 atom stereocenters. The molecule has 0 saturated heterocycles. The topological polar surface area (TPSA) is 24.8 Å². The fraction of sp³-hybridized carbons (Fsp3) is 0.167. The van der Waals surface area contributed by atoms with Crippen LogP contribution in [0.2, 0.25) is 0 Å². The van der Waals surface area contributed by atoms with Crippen molar-refractivity contribution in [3.8, 4) is 0 Å².